The van der Waals surface area contributed by atoms with Crippen LogP contribution in [0.25, 0.3) is 6.08 Å². The summed E-state index contributed by atoms with van der Waals surface area (Å²) in [5.41, 5.74) is 2.82. The Kier molecular flexibility index (Phi) is 7.08. The van der Waals surface area contributed by atoms with Gasteiger partial charge in [-0.05, 0) is 65.4 Å². The van der Waals surface area contributed by atoms with Crippen LogP contribution in [-0.2, 0) is 11.3 Å². The second-order valence-electron chi connectivity index (χ2n) is 7.57. The normalized spacial score (nSPS) is 16.2. The summed E-state index contributed by atoms with van der Waals surface area (Å²) in [6.07, 6.45) is 1.81. The minimum Gasteiger partial charge on any atom is -0.378 e. The lowest BCUT2D eigenvalue weighted by Crippen LogP contribution is -2.28. The molecule has 0 radical (unpaired) electrons. The van der Waals surface area contributed by atoms with Crippen LogP contribution in [0.2, 0.25) is 10.0 Å². The highest BCUT2D eigenvalue weighted by Crippen LogP contribution is 2.36. The van der Waals surface area contributed by atoms with Gasteiger partial charge in [0.15, 0.2) is 5.17 Å². The second-order valence-corrected chi connectivity index (χ2v) is 9.42. The van der Waals surface area contributed by atoms with E-state index in [-0.39, 0.29) is 18.1 Å². The summed E-state index contributed by atoms with van der Waals surface area (Å²) < 4.78 is 14.3. The molecule has 0 aliphatic carbocycles. The van der Waals surface area contributed by atoms with Crippen molar-refractivity contribution in [3.05, 3.63) is 98.6 Å². The fraction of sp³-hybridized carbons (Fsp3) is 0.120. The molecule has 4 nitrogen and oxygen atoms in total. The molecule has 3 aromatic carbocycles. The highest BCUT2D eigenvalue weighted by atomic mass is 35.5. The molecule has 1 saturated heterocycles. The van der Waals surface area contributed by atoms with Crippen molar-refractivity contribution in [2.75, 3.05) is 19.0 Å². The Balaban J connectivity index is 1.71. The molecule has 0 spiro atoms. The van der Waals surface area contributed by atoms with E-state index in [1.807, 2.05) is 49.3 Å². The van der Waals surface area contributed by atoms with E-state index in [1.165, 1.54) is 22.7 Å². The van der Waals surface area contributed by atoms with E-state index < -0.39 is 5.82 Å². The SMILES string of the molecule is CN(C)c1ccc(C=C2SC(=Nc3ccccc3F)N(Cc3ccc(Cl)cc3Cl)C2=O)cc1. The van der Waals surface area contributed by atoms with Gasteiger partial charge in [0.05, 0.1) is 11.4 Å². The maximum Gasteiger partial charge on any atom is 0.267 e. The number of aliphatic imine (C=N–C) groups is 1. The fourth-order valence-electron chi connectivity index (χ4n) is 3.22. The van der Waals surface area contributed by atoms with Crippen molar-refractivity contribution in [2.24, 2.45) is 4.99 Å². The minimum atomic E-state index is -0.459. The summed E-state index contributed by atoms with van der Waals surface area (Å²) in [6, 6.07) is 19.2. The average Bonchev–Trinajstić information content (AvgIpc) is 3.06. The van der Waals surface area contributed by atoms with Crippen LogP contribution >= 0.6 is 35.0 Å². The Labute approximate surface area is 206 Å². The van der Waals surface area contributed by atoms with Crippen LogP contribution in [0, 0.1) is 5.82 Å². The van der Waals surface area contributed by atoms with Crippen LogP contribution in [0.1, 0.15) is 11.1 Å². The molecule has 0 unspecified atom stereocenters. The Morgan fingerprint density at radius 3 is 2.45 bits per heavy atom. The highest BCUT2D eigenvalue weighted by Gasteiger charge is 2.34. The molecule has 1 heterocycles. The van der Waals surface area contributed by atoms with Crippen molar-refractivity contribution in [1.82, 2.24) is 4.90 Å². The van der Waals surface area contributed by atoms with E-state index in [4.69, 9.17) is 23.2 Å². The van der Waals surface area contributed by atoms with Crippen molar-refractivity contribution in [2.45, 2.75) is 6.54 Å². The van der Waals surface area contributed by atoms with Crippen LogP contribution in [0.5, 0.6) is 0 Å². The van der Waals surface area contributed by atoms with E-state index in [1.54, 1.807) is 36.4 Å². The summed E-state index contributed by atoms with van der Waals surface area (Å²) in [7, 11) is 3.93. The maximum absolute atomic E-state index is 14.3. The first-order chi connectivity index (χ1) is 15.8. The zero-order valence-corrected chi connectivity index (χ0v) is 20.3. The van der Waals surface area contributed by atoms with Gasteiger partial charge in [-0.25, -0.2) is 9.38 Å². The monoisotopic (exact) mass is 499 g/mol. The molecule has 168 valence electrons. The third kappa shape index (κ3) is 5.41. The number of anilines is 1. The molecule has 3 aromatic rings. The molecular formula is C25H20Cl2FN3OS. The van der Waals surface area contributed by atoms with Gasteiger partial charge in [-0.15, -0.1) is 0 Å². The largest absolute Gasteiger partial charge is 0.378 e. The molecule has 1 aliphatic rings. The standard InChI is InChI=1S/C25H20Cl2FN3OS/c1-30(2)19-11-7-16(8-12-19)13-23-24(32)31(15-17-9-10-18(26)14-20(17)27)25(33-23)29-22-6-4-3-5-21(22)28/h3-14H,15H2,1-2H3. The van der Waals surface area contributed by atoms with Gasteiger partial charge in [0.25, 0.3) is 5.91 Å². The first-order valence-corrected chi connectivity index (χ1v) is 11.6. The number of hydrogen-bond acceptors (Lipinski definition) is 4. The van der Waals surface area contributed by atoms with E-state index in [0.717, 1.165) is 11.3 Å². The minimum absolute atomic E-state index is 0.164. The fourth-order valence-corrected chi connectivity index (χ4v) is 4.68. The third-order valence-electron chi connectivity index (χ3n) is 5.01. The summed E-state index contributed by atoms with van der Waals surface area (Å²) in [4.78, 5) is 21.8. The average molecular weight is 500 g/mol. The number of benzene rings is 3. The number of para-hydroxylation sites is 1. The summed E-state index contributed by atoms with van der Waals surface area (Å²) in [6.45, 7) is 0.187. The molecule has 0 atom stereocenters. The lowest BCUT2D eigenvalue weighted by Gasteiger charge is -2.17. The Hall–Kier alpha value is -2.80. The van der Waals surface area contributed by atoms with Crippen molar-refractivity contribution in [3.63, 3.8) is 0 Å². The molecule has 1 amide bonds. The van der Waals surface area contributed by atoms with E-state index in [9.17, 15) is 9.18 Å². The van der Waals surface area contributed by atoms with Crippen LogP contribution < -0.4 is 4.90 Å². The van der Waals surface area contributed by atoms with E-state index in [2.05, 4.69) is 4.99 Å². The molecule has 1 fully saturated rings. The van der Waals surface area contributed by atoms with Crippen molar-refractivity contribution < 1.29 is 9.18 Å². The topological polar surface area (TPSA) is 35.9 Å². The maximum atomic E-state index is 14.3. The molecule has 8 heteroatoms. The third-order valence-corrected chi connectivity index (χ3v) is 6.60. The van der Waals surface area contributed by atoms with Gasteiger partial charge in [-0.3, -0.25) is 9.69 Å². The molecule has 0 N–H and O–H groups in total. The number of carbonyl (C=O) groups is 1. The molecule has 1 aliphatic heterocycles. The van der Waals surface area contributed by atoms with E-state index >= 15 is 0 Å². The summed E-state index contributed by atoms with van der Waals surface area (Å²) >= 11 is 13.6. The molecular weight excluding hydrogens is 480 g/mol. The van der Waals surface area contributed by atoms with Crippen molar-refractivity contribution in [1.29, 1.82) is 0 Å². The van der Waals surface area contributed by atoms with Gasteiger partial charge in [-0.1, -0.05) is 53.5 Å². The number of hydrogen-bond donors (Lipinski definition) is 0. The highest BCUT2D eigenvalue weighted by molar-refractivity contribution is 8.18. The number of halogens is 3. The van der Waals surface area contributed by atoms with Crippen LogP contribution in [-0.4, -0.2) is 30.1 Å². The predicted octanol–water partition coefficient (Wildman–Crippen LogP) is 7.00. The molecule has 0 aromatic heterocycles. The van der Waals surface area contributed by atoms with Gasteiger partial charge in [0.2, 0.25) is 0 Å². The zero-order valence-electron chi connectivity index (χ0n) is 17.9. The molecule has 33 heavy (non-hydrogen) atoms. The smallest absolute Gasteiger partial charge is 0.267 e. The number of amidine groups is 1. The first kappa shape index (κ1) is 23.4. The molecule has 4 rings (SSSR count). The Morgan fingerprint density at radius 2 is 1.79 bits per heavy atom. The quantitative estimate of drug-likeness (QED) is 0.354. The van der Waals surface area contributed by atoms with Crippen LogP contribution in [0.15, 0.2) is 76.6 Å². The van der Waals surface area contributed by atoms with Gasteiger partial charge in [0.1, 0.15) is 11.5 Å². The van der Waals surface area contributed by atoms with Gasteiger partial charge >= 0.3 is 0 Å². The van der Waals surface area contributed by atoms with Gasteiger partial charge < -0.3 is 4.90 Å². The van der Waals surface area contributed by atoms with E-state index in [0.29, 0.717) is 25.7 Å². The number of thioether (sulfide) groups is 1. The summed E-state index contributed by atoms with van der Waals surface area (Å²) in [5, 5.41) is 1.34. The lowest BCUT2D eigenvalue weighted by molar-refractivity contribution is -0.122. The molecule has 0 saturated carbocycles. The number of nitrogens with zero attached hydrogens (tertiary/aromatic N) is 3. The van der Waals surface area contributed by atoms with Crippen LogP contribution in [0.3, 0.4) is 0 Å². The zero-order chi connectivity index (χ0) is 23.5. The van der Waals surface area contributed by atoms with Gasteiger partial charge in [-0.2, -0.15) is 0 Å². The lowest BCUT2D eigenvalue weighted by atomic mass is 10.1. The number of amides is 1. The molecule has 0 bridgehead atoms. The summed E-state index contributed by atoms with van der Waals surface area (Å²) in [5.74, 6) is -0.683. The Morgan fingerprint density at radius 1 is 1.06 bits per heavy atom. The van der Waals surface area contributed by atoms with Crippen molar-refractivity contribution >= 4 is 63.5 Å². The van der Waals surface area contributed by atoms with Crippen LogP contribution in [0.4, 0.5) is 15.8 Å². The predicted molar refractivity (Wildman–Crippen MR) is 137 cm³/mol. The van der Waals surface area contributed by atoms with Gasteiger partial charge in [0, 0.05) is 29.8 Å². The second kappa shape index (κ2) is 10.00. The Bertz CT molecular complexity index is 1260. The van der Waals surface area contributed by atoms with Crippen molar-refractivity contribution in [3.8, 4) is 0 Å². The number of carbonyl (C=O) groups excluding carboxylic acids is 1. The first-order valence-electron chi connectivity index (χ1n) is 10.1. The number of rotatable bonds is 5.